The molecule has 0 radical (unpaired) electrons. The summed E-state index contributed by atoms with van der Waals surface area (Å²) in [6.45, 7) is 18.1. The van der Waals surface area contributed by atoms with Gasteiger partial charge in [0.15, 0.2) is 0 Å². The minimum absolute atomic E-state index is 0.151. The van der Waals surface area contributed by atoms with Crippen LogP contribution in [-0.4, -0.2) is 0 Å². The van der Waals surface area contributed by atoms with E-state index in [0.29, 0.717) is 0 Å². The molecular weight excluding hydrogens is 264 g/mol. The molecule has 0 aliphatic heterocycles. The van der Waals surface area contributed by atoms with Crippen molar-refractivity contribution in [3.8, 4) is 11.1 Å². The predicted octanol–water partition coefficient (Wildman–Crippen LogP) is 6.45. The van der Waals surface area contributed by atoms with E-state index >= 15 is 0 Å². The lowest BCUT2D eigenvalue weighted by Gasteiger charge is -2.26. The molecule has 0 spiro atoms. The molecule has 0 bridgehead atoms. The van der Waals surface area contributed by atoms with Crippen molar-refractivity contribution in [1.82, 2.24) is 0 Å². The molecule has 0 nitrogen and oxygen atoms in total. The van der Waals surface area contributed by atoms with Crippen molar-refractivity contribution >= 4 is 0 Å². The molecule has 0 atom stereocenters. The Labute approximate surface area is 136 Å². The quantitative estimate of drug-likeness (QED) is 0.597. The summed E-state index contributed by atoms with van der Waals surface area (Å²) in [6, 6.07) is 9.51. The summed E-state index contributed by atoms with van der Waals surface area (Å²) in [4.78, 5) is 0. The van der Waals surface area contributed by atoms with Crippen molar-refractivity contribution in [2.45, 2.75) is 67.2 Å². The standard InChI is InChI=1S/C22H30/c1-9-18-13-21(22(6,7)8)20(12-16(18)4)19-11-15(3)14(2)10-17(19)5/h10-13H,9H2,1-8H3. The van der Waals surface area contributed by atoms with Gasteiger partial charge in [0.1, 0.15) is 0 Å². The maximum Gasteiger partial charge on any atom is -0.0126 e. The fraction of sp³-hybridized carbons (Fsp3) is 0.455. The molecule has 22 heavy (non-hydrogen) atoms. The average molecular weight is 294 g/mol. The lowest BCUT2D eigenvalue weighted by molar-refractivity contribution is 0.591. The summed E-state index contributed by atoms with van der Waals surface area (Å²) in [5, 5.41) is 0. The second kappa shape index (κ2) is 5.91. The van der Waals surface area contributed by atoms with E-state index in [1.807, 2.05) is 0 Å². The second-order valence-electron chi connectivity index (χ2n) is 7.68. The minimum Gasteiger partial charge on any atom is -0.0613 e. The SMILES string of the molecule is CCc1cc(C(C)(C)C)c(-c2cc(C)c(C)cc2C)cc1C. The molecule has 0 N–H and O–H groups in total. The van der Waals surface area contributed by atoms with Crippen molar-refractivity contribution in [3.63, 3.8) is 0 Å². The van der Waals surface area contributed by atoms with Crippen LogP contribution in [0.4, 0.5) is 0 Å². The molecule has 0 heterocycles. The molecule has 118 valence electrons. The van der Waals surface area contributed by atoms with Crippen LogP contribution in [0.2, 0.25) is 0 Å². The van der Waals surface area contributed by atoms with Gasteiger partial charge in [-0.2, -0.15) is 0 Å². The molecule has 0 fully saturated rings. The molecule has 0 saturated carbocycles. The molecule has 2 aromatic carbocycles. The van der Waals surface area contributed by atoms with Gasteiger partial charge < -0.3 is 0 Å². The fourth-order valence-corrected chi connectivity index (χ4v) is 3.23. The van der Waals surface area contributed by atoms with Gasteiger partial charge in [0.05, 0.1) is 0 Å². The van der Waals surface area contributed by atoms with Crippen molar-refractivity contribution in [3.05, 3.63) is 57.6 Å². The summed E-state index contributed by atoms with van der Waals surface area (Å²) in [5.41, 5.74) is 11.4. The molecule has 0 aliphatic carbocycles. The Bertz CT molecular complexity index is 697. The van der Waals surface area contributed by atoms with Crippen LogP contribution >= 0.6 is 0 Å². The number of hydrogen-bond acceptors (Lipinski definition) is 0. The van der Waals surface area contributed by atoms with Gasteiger partial charge in [0.25, 0.3) is 0 Å². The predicted molar refractivity (Wildman–Crippen MR) is 98.9 cm³/mol. The van der Waals surface area contributed by atoms with Gasteiger partial charge in [-0.05, 0) is 84.0 Å². The van der Waals surface area contributed by atoms with Crippen molar-refractivity contribution in [1.29, 1.82) is 0 Å². The molecule has 0 saturated heterocycles. The van der Waals surface area contributed by atoms with Crippen LogP contribution in [0.15, 0.2) is 24.3 Å². The molecule has 0 heteroatoms. The highest BCUT2D eigenvalue weighted by molar-refractivity contribution is 5.74. The zero-order valence-electron chi connectivity index (χ0n) is 15.5. The highest BCUT2D eigenvalue weighted by Gasteiger charge is 2.21. The van der Waals surface area contributed by atoms with Gasteiger partial charge in [-0.15, -0.1) is 0 Å². The minimum atomic E-state index is 0.151. The van der Waals surface area contributed by atoms with E-state index in [1.54, 1.807) is 0 Å². The zero-order valence-corrected chi connectivity index (χ0v) is 15.5. The van der Waals surface area contributed by atoms with Crippen LogP contribution in [-0.2, 0) is 11.8 Å². The second-order valence-corrected chi connectivity index (χ2v) is 7.68. The van der Waals surface area contributed by atoms with E-state index in [4.69, 9.17) is 0 Å². The van der Waals surface area contributed by atoms with Gasteiger partial charge in [-0.25, -0.2) is 0 Å². The third-order valence-electron chi connectivity index (χ3n) is 4.80. The first-order chi connectivity index (χ1) is 10.1. The molecule has 0 unspecified atom stereocenters. The van der Waals surface area contributed by atoms with Crippen molar-refractivity contribution < 1.29 is 0 Å². The molecule has 0 aliphatic rings. The molecular formula is C22H30. The van der Waals surface area contributed by atoms with Crippen LogP contribution in [0.1, 0.15) is 61.1 Å². The highest BCUT2D eigenvalue weighted by Crippen LogP contribution is 2.37. The Morgan fingerprint density at radius 2 is 1.23 bits per heavy atom. The Morgan fingerprint density at radius 1 is 0.682 bits per heavy atom. The van der Waals surface area contributed by atoms with E-state index in [9.17, 15) is 0 Å². The van der Waals surface area contributed by atoms with Gasteiger partial charge in [-0.1, -0.05) is 52.0 Å². The van der Waals surface area contributed by atoms with E-state index in [0.717, 1.165) is 6.42 Å². The monoisotopic (exact) mass is 294 g/mol. The van der Waals surface area contributed by atoms with Crippen LogP contribution in [0.5, 0.6) is 0 Å². The molecule has 0 amide bonds. The maximum atomic E-state index is 2.43. The summed E-state index contributed by atoms with van der Waals surface area (Å²) in [5.74, 6) is 0. The first-order valence-corrected chi connectivity index (χ1v) is 8.37. The third kappa shape index (κ3) is 3.11. The largest absolute Gasteiger partial charge is 0.0613 e. The highest BCUT2D eigenvalue weighted by atomic mass is 14.3. The Balaban J connectivity index is 2.80. The Kier molecular flexibility index (Phi) is 4.52. The number of aryl methyl sites for hydroxylation is 5. The zero-order chi connectivity index (χ0) is 16.7. The first-order valence-electron chi connectivity index (χ1n) is 8.37. The van der Waals surface area contributed by atoms with Gasteiger partial charge >= 0.3 is 0 Å². The van der Waals surface area contributed by atoms with Crippen LogP contribution in [0, 0.1) is 27.7 Å². The van der Waals surface area contributed by atoms with Gasteiger partial charge in [-0.3, -0.25) is 0 Å². The van der Waals surface area contributed by atoms with Crippen molar-refractivity contribution in [2.24, 2.45) is 0 Å². The molecule has 0 aromatic heterocycles. The summed E-state index contributed by atoms with van der Waals surface area (Å²) < 4.78 is 0. The van der Waals surface area contributed by atoms with Crippen molar-refractivity contribution in [2.75, 3.05) is 0 Å². The lowest BCUT2D eigenvalue weighted by Crippen LogP contribution is -2.14. The van der Waals surface area contributed by atoms with Crippen LogP contribution in [0.3, 0.4) is 0 Å². The number of benzene rings is 2. The van der Waals surface area contributed by atoms with E-state index in [1.165, 1.54) is 44.5 Å². The molecule has 2 aromatic rings. The summed E-state index contributed by atoms with van der Waals surface area (Å²) >= 11 is 0. The lowest BCUT2D eigenvalue weighted by atomic mass is 9.78. The van der Waals surface area contributed by atoms with Crippen LogP contribution < -0.4 is 0 Å². The normalized spacial score (nSPS) is 11.8. The van der Waals surface area contributed by atoms with E-state index in [-0.39, 0.29) is 5.41 Å². The van der Waals surface area contributed by atoms with E-state index < -0.39 is 0 Å². The first kappa shape index (κ1) is 16.8. The summed E-state index contributed by atoms with van der Waals surface area (Å²) in [7, 11) is 0. The van der Waals surface area contributed by atoms with E-state index in [2.05, 4.69) is 79.7 Å². The molecule has 2 rings (SSSR count). The number of rotatable bonds is 2. The fourth-order valence-electron chi connectivity index (χ4n) is 3.23. The van der Waals surface area contributed by atoms with Gasteiger partial charge in [0.2, 0.25) is 0 Å². The Morgan fingerprint density at radius 3 is 1.77 bits per heavy atom. The Hall–Kier alpha value is -1.56. The van der Waals surface area contributed by atoms with Crippen LogP contribution in [0.25, 0.3) is 11.1 Å². The third-order valence-corrected chi connectivity index (χ3v) is 4.80. The summed E-state index contributed by atoms with van der Waals surface area (Å²) in [6.07, 6.45) is 1.10. The smallest absolute Gasteiger partial charge is 0.0126 e. The average Bonchev–Trinajstić information content (AvgIpc) is 2.41. The maximum absolute atomic E-state index is 2.43. The van der Waals surface area contributed by atoms with Gasteiger partial charge in [0, 0.05) is 0 Å². The number of hydrogen-bond donors (Lipinski definition) is 0. The topological polar surface area (TPSA) is 0 Å².